The van der Waals surface area contributed by atoms with Gasteiger partial charge < -0.3 is 10.6 Å². The molecule has 1 saturated carbocycles. The Morgan fingerprint density at radius 3 is 2.90 bits per heavy atom. The molecule has 1 amide bonds. The lowest BCUT2D eigenvalue weighted by Gasteiger charge is -2.27. The van der Waals surface area contributed by atoms with Gasteiger partial charge in [-0.1, -0.05) is 12.1 Å². The molecule has 3 nitrogen and oxygen atoms in total. The van der Waals surface area contributed by atoms with Gasteiger partial charge in [0, 0.05) is 24.5 Å². The van der Waals surface area contributed by atoms with Gasteiger partial charge in [0.25, 0.3) is 0 Å². The predicted octanol–water partition coefficient (Wildman–Crippen LogP) is 2.49. The third kappa shape index (κ3) is 3.26. The number of hydrogen-bond donors (Lipinski definition) is 1. The fourth-order valence-corrected chi connectivity index (χ4v) is 3.75. The number of nitrogens with two attached hydrogens (primary N) is 1. The van der Waals surface area contributed by atoms with Crippen molar-refractivity contribution in [2.75, 3.05) is 6.54 Å². The van der Waals surface area contributed by atoms with Crippen LogP contribution in [0.5, 0.6) is 0 Å². The van der Waals surface area contributed by atoms with Crippen LogP contribution in [0.1, 0.15) is 37.7 Å². The molecule has 1 aliphatic heterocycles. The van der Waals surface area contributed by atoms with Crippen LogP contribution in [0.3, 0.4) is 0 Å². The zero-order valence-corrected chi connectivity index (χ0v) is 12.3. The molecule has 3 atom stereocenters. The lowest BCUT2D eigenvalue weighted by atomic mass is 10.0. The first-order valence-electron chi connectivity index (χ1n) is 7.94. The molecule has 0 bridgehead atoms. The summed E-state index contributed by atoms with van der Waals surface area (Å²) in [6, 6.07) is 7.12. The van der Waals surface area contributed by atoms with Crippen LogP contribution in [0.15, 0.2) is 24.3 Å². The summed E-state index contributed by atoms with van der Waals surface area (Å²) in [4.78, 5) is 14.7. The molecule has 3 rings (SSSR count). The smallest absolute Gasteiger partial charge is 0.226 e. The molecule has 1 heterocycles. The molecule has 1 aromatic rings. The minimum absolute atomic E-state index is 0.105. The molecule has 2 N–H and O–H groups in total. The van der Waals surface area contributed by atoms with Crippen molar-refractivity contribution in [1.29, 1.82) is 0 Å². The Labute approximate surface area is 125 Å². The first-order chi connectivity index (χ1) is 10.1. The topological polar surface area (TPSA) is 46.3 Å². The molecule has 0 spiro atoms. The van der Waals surface area contributed by atoms with E-state index in [1.165, 1.54) is 6.07 Å². The summed E-state index contributed by atoms with van der Waals surface area (Å²) in [5, 5.41) is 0. The highest BCUT2D eigenvalue weighted by atomic mass is 19.1. The second kappa shape index (κ2) is 6.14. The normalized spacial score (nSPS) is 29.0. The zero-order chi connectivity index (χ0) is 14.8. The van der Waals surface area contributed by atoms with Crippen LogP contribution in [0.2, 0.25) is 0 Å². The number of nitrogens with zero attached hydrogens (tertiary/aromatic N) is 1. The van der Waals surface area contributed by atoms with E-state index in [0.29, 0.717) is 0 Å². The highest BCUT2D eigenvalue weighted by molar-refractivity contribution is 5.79. The van der Waals surface area contributed by atoms with Gasteiger partial charge in [0.05, 0.1) is 0 Å². The van der Waals surface area contributed by atoms with Crippen molar-refractivity contribution in [2.24, 2.45) is 11.7 Å². The Balaban J connectivity index is 1.66. The second-order valence-electron chi connectivity index (χ2n) is 6.43. The molecule has 1 saturated heterocycles. The van der Waals surface area contributed by atoms with Gasteiger partial charge in [-0.05, 0) is 56.2 Å². The van der Waals surface area contributed by atoms with Gasteiger partial charge in [0.15, 0.2) is 0 Å². The fourth-order valence-electron chi connectivity index (χ4n) is 3.75. The highest BCUT2D eigenvalue weighted by Crippen LogP contribution is 2.30. The van der Waals surface area contributed by atoms with Gasteiger partial charge >= 0.3 is 0 Å². The predicted molar refractivity (Wildman–Crippen MR) is 80.2 cm³/mol. The summed E-state index contributed by atoms with van der Waals surface area (Å²) in [5.74, 6) is 0.167. The third-order valence-corrected chi connectivity index (χ3v) is 4.84. The Kier molecular flexibility index (Phi) is 4.24. The first kappa shape index (κ1) is 14.5. The molecule has 1 aliphatic carbocycles. The van der Waals surface area contributed by atoms with E-state index in [0.717, 1.165) is 50.6 Å². The van der Waals surface area contributed by atoms with E-state index in [-0.39, 0.29) is 29.7 Å². The maximum atomic E-state index is 13.3. The number of benzene rings is 1. The summed E-state index contributed by atoms with van der Waals surface area (Å²) in [5.41, 5.74) is 6.90. The standard InChI is InChI=1S/C17H23FN2O/c18-14-4-1-3-12(9-14)10-16-5-2-8-20(16)17(21)13-6-7-15(19)11-13/h1,3-4,9,13,15-16H,2,5-8,10-11,19H2/t13-,15-,16-/m1/s1. The van der Waals surface area contributed by atoms with E-state index in [4.69, 9.17) is 5.73 Å². The van der Waals surface area contributed by atoms with Crippen molar-refractivity contribution in [3.8, 4) is 0 Å². The summed E-state index contributed by atoms with van der Waals surface area (Å²) >= 11 is 0. The van der Waals surface area contributed by atoms with E-state index in [1.54, 1.807) is 12.1 Å². The minimum Gasteiger partial charge on any atom is -0.339 e. The molecule has 2 aliphatic rings. The number of amides is 1. The Morgan fingerprint density at radius 1 is 1.33 bits per heavy atom. The summed E-state index contributed by atoms with van der Waals surface area (Å²) in [6.07, 6.45) is 5.51. The maximum Gasteiger partial charge on any atom is 0.226 e. The molecule has 0 aromatic heterocycles. The molecular formula is C17H23FN2O. The van der Waals surface area contributed by atoms with Crippen molar-refractivity contribution < 1.29 is 9.18 Å². The Hall–Kier alpha value is -1.42. The van der Waals surface area contributed by atoms with Crippen molar-refractivity contribution in [3.05, 3.63) is 35.6 Å². The van der Waals surface area contributed by atoms with Crippen LogP contribution in [0, 0.1) is 11.7 Å². The van der Waals surface area contributed by atoms with Crippen molar-refractivity contribution >= 4 is 5.91 Å². The largest absolute Gasteiger partial charge is 0.339 e. The molecule has 2 fully saturated rings. The van der Waals surface area contributed by atoms with E-state index in [9.17, 15) is 9.18 Å². The number of likely N-dealkylation sites (tertiary alicyclic amines) is 1. The monoisotopic (exact) mass is 290 g/mol. The SMILES string of the molecule is N[C@@H]1CC[C@@H](C(=O)N2CCC[C@@H]2Cc2cccc(F)c2)C1. The number of halogens is 1. The highest BCUT2D eigenvalue weighted by Gasteiger charge is 2.36. The van der Waals surface area contributed by atoms with Crippen molar-refractivity contribution in [2.45, 2.75) is 50.6 Å². The van der Waals surface area contributed by atoms with Crippen molar-refractivity contribution in [3.63, 3.8) is 0 Å². The molecular weight excluding hydrogens is 267 g/mol. The average molecular weight is 290 g/mol. The number of carbonyl (C=O) groups is 1. The van der Waals surface area contributed by atoms with E-state index in [1.807, 2.05) is 11.0 Å². The fraction of sp³-hybridized carbons (Fsp3) is 0.588. The molecule has 21 heavy (non-hydrogen) atoms. The van der Waals surface area contributed by atoms with E-state index in [2.05, 4.69) is 0 Å². The summed E-state index contributed by atoms with van der Waals surface area (Å²) in [6.45, 7) is 0.838. The number of hydrogen-bond acceptors (Lipinski definition) is 2. The second-order valence-corrected chi connectivity index (χ2v) is 6.43. The van der Waals surface area contributed by atoms with Crippen LogP contribution in [-0.4, -0.2) is 29.4 Å². The lowest BCUT2D eigenvalue weighted by Crippen LogP contribution is -2.40. The number of carbonyl (C=O) groups excluding carboxylic acids is 1. The van der Waals surface area contributed by atoms with Gasteiger partial charge in [-0.3, -0.25) is 4.79 Å². The maximum absolute atomic E-state index is 13.3. The summed E-state index contributed by atoms with van der Waals surface area (Å²) < 4.78 is 13.3. The van der Waals surface area contributed by atoms with Crippen LogP contribution in [-0.2, 0) is 11.2 Å². The van der Waals surface area contributed by atoms with E-state index < -0.39 is 0 Å². The lowest BCUT2D eigenvalue weighted by molar-refractivity contribution is -0.136. The van der Waals surface area contributed by atoms with Gasteiger partial charge in [0.2, 0.25) is 5.91 Å². The molecule has 0 unspecified atom stereocenters. The van der Waals surface area contributed by atoms with Crippen molar-refractivity contribution in [1.82, 2.24) is 4.90 Å². The third-order valence-electron chi connectivity index (χ3n) is 4.84. The first-order valence-corrected chi connectivity index (χ1v) is 7.94. The quantitative estimate of drug-likeness (QED) is 0.929. The number of rotatable bonds is 3. The average Bonchev–Trinajstić information content (AvgIpc) is 3.07. The van der Waals surface area contributed by atoms with Crippen LogP contribution >= 0.6 is 0 Å². The van der Waals surface area contributed by atoms with Crippen LogP contribution in [0.25, 0.3) is 0 Å². The van der Waals surface area contributed by atoms with Gasteiger partial charge in [-0.2, -0.15) is 0 Å². The molecule has 114 valence electrons. The zero-order valence-electron chi connectivity index (χ0n) is 12.3. The Morgan fingerprint density at radius 2 is 2.19 bits per heavy atom. The molecule has 0 radical (unpaired) electrons. The van der Waals surface area contributed by atoms with Gasteiger partial charge in [-0.15, -0.1) is 0 Å². The molecule has 1 aromatic carbocycles. The van der Waals surface area contributed by atoms with E-state index >= 15 is 0 Å². The minimum atomic E-state index is -0.204. The van der Waals surface area contributed by atoms with Gasteiger partial charge in [0.1, 0.15) is 5.82 Å². The summed E-state index contributed by atoms with van der Waals surface area (Å²) in [7, 11) is 0. The van der Waals surface area contributed by atoms with Crippen LogP contribution < -0.4 is 5.73 Å². The van der Waals surface area contributed by atoms with Gasteiger partial charge in [-0.25, -0.2) is 4.39 Å². The molecule has 4 heteroatoms. The Bertz CT molecular complexity index is 519. The van der Waals surface area contributed by atoms with Crippen LogP contribution in [0.4, 0.5) is 4.39 Å².